The van der Waals surface area contributed by atoms with E-state index in [0.29, 0.717) is 52.8 Å². The van der Waals surface area contributed by atoms with Gasteiger partial charge in [-0.3, -0.25) is 14.2 Å². The molecule has 1 aromatic heterocycles. The van der Waals surface area contributed by atoms with E-state index in [1.54, 1.807) is 23.6 Å². The number of fused-ring (bicyclic) bond motifs is 2. The highest BCUT2D eigenvalue weighted by atomic mass is 16.6. The van der Waals surface area contributed by atoms with Crippen molar-refractivity contribution in [3.05, 3.63) is 88.8 Å². The number of amides is 1. The van der Waals surface area contributed by atoms with Crippen molar-refractivity contribution in [3.8, 4) is 22.9 Å². The third-order valence-corrected chi connectivity index (χ3v) is 6.21. The van der Waals surface area contributed by atoms with E-state index in [0.717, 1.165) is 0 Å². The number of ether oxygens (including phenoxy) is 3. The number of carbonyl (C=O) groups excluding carboxylic acids is 1. The SMILES string of the molecule is COc1ccc(-n2c(=O)c(CCC(=O)N(C)C[C@@H]3COc4ccccc4O3)nc3ccccc32)cc1. The van der Waals surface area contributed by atoms with Gasteiger partial charge in [0.05, 0.1) is 24.7 Å². The lowest BCUT2D eigenvalue weighted by Crippen LogP contribution is -2.42. The second-order valence-corrected chi connectivity index (χ2v) is 8.66. The van der Waals surface area contributed by atoms with Crippen molar-refractivity contribution >= 4 is 16.9 Å². The molecule has 5 rings (SSSR count). The van der Waals surface area contributed by atoms with Gasteiger partial charge >= 0.3 is 0 Å². The molecule has 2 heterocycles. The van der Waals surface area contributed by atoms with Gasteiger partial charge in [-0.15, -0.1) is 0 Å². The summed E-state index contributed by atoms with van der Waals surface area (Å²) >= 11 is 0. The highest BCUT2D eigenvalue weighted by Gasteiger charge is 2.24. The predicted octanol–water partition coefficient (Wildman–Crippen LogP) is 3.63. The summed E-state index contributed by atoms with van der Waals surface area (Å²) < 4.78 is 18.6. The number of aromatic nitrogens is 2. The Morgan fingerprint density at radius 2 is 1.78 bits per heavy atom. The Morgan fingerprint density at radius 3 is 2.56 bits per heavy atom. The topological polar surface area (TPSA) is 82.9 Å². The summed E-state index contributed by atoms with van der Waals surface area (Å²) in [5.41, 5.74) is 2.20. The van der Waals surface area contributed by atoms with Crippen LogP contribution in [0.3, 0.4) is 0 Å². The average molecular weight is 486 g/mol. The first kappa shape index (κ1) is 23.4. The van der Waals surface area contributed by atoms with Crippen molar-refractivity contribution in [2.45, 2.75) is 18.9 Å². The Morgan fingerprint density at radius 1 is 1.06 bits per heavy atom. The lowest BCUT2D eigenvalue weighted by atomic mass is 10.2. The number of para-hydroxylation sites is 4. The maximum absolute atomic E-state index is 13.5. The van der Waals surface area contributed by atoms with Gasteiger partial charge in [-0.25, -0.2) is 4.98 Å². The molecule has 4 aromatic rings. The molecule has 0 spiro atoms. The second-order valence-electron chi connectivity index (χ2n) is 8.66. The zero-order valence-corrected chi connectivity index (χ0v) is 20.2. The summed E-state index contributed by atoms with van der Waals surface area (Å²) in [6, 6.07) is 22.2. The Kier molecular flexibility index (Phi) is 6.58. The molecule has 184 valence electrons. The zero-order chi connectivity index (χ0) is 25.1. The van der Waals surface area contributed by atoms with Crippen molar-refractivity contribution < 1.29 is 19.0 Å². The molecule has 0 saturated heterocycles. The molecule has 0 bridgehead atoms. The van der Waals surface area contributed by atoms with Crippen LogP contribution in [0.4, 0.5) is 0 Å². The minimum Gasteiger partial charge on any atom is -0.497 e. The molecule has 8 nitrogen and oxygen atoms in total. The number of carbonyl (C=O) groups is 1. The van der Waals surface area contributed by atoms with Gasteiger partial charge < -0.3 is 19.1 Å². The maximum Gasteiger partial charge on any atom is 0.277 e. The minimum atomic E-state index is -0.264. The molecule has 0 saturated carbocycles. The number of aryl methyl sites for hydroxylation is 1. The summed E-state index contributed by atoms with van der Waals surface area (Å²) in [5.74, 6) is 1.99. The van der Waals surface area contributed by atoms with Gasteiger partial charge in [0.15, 0.2) is 17.6 Å². The molecule has 1 aliphatic heterocycles. The van der Waals surface area contributed by atoms with E-state index in [9.17, 15) is 9.59 Å². The number of hydrogen-bond donors (Lipinski definition) is 0. The van der Waals surface area contributed by atoms with Crippen LogP contribution in [0.1, 0.15) is 12.1 Å². The van der Waals surface area contributed by atoms with Crippen LogP contribution in [0.5, 0.6) is 17.2 Å². The molecule has 0 unspecified atom stereocenters. The predicted molar refractivity (Wildman–Crippen MR) is 136 cm³/mol. The van der Waals surface area contributed by atoms with Crippen molar-refractivity contribution in [1.29, 1.82) is 0 Å². The molecule has 3 aromatic carbocycles. The van der Waals surface area contributed by atoms with E-state index >= 15 is 0 Å². The number of methoxy groups -OCH3 is 1. The number of likely N-dealkylation sites (N-methyl/N-ethyl adjacent to an activating group) is 1. The quantitative estimate of drug-likeness (QED) is 0.398. The van der Waals surface area contributed by atoms with Gasteiger partial charge in [0.1, 0.15) is 18.1 Å². The zero-order valence-electron chi connectivity index (χ0n) is 20.2. The van der Waals surface area contributed by atoms with Crippen molar-refractivity contribution in [2.75, 3.05) is 27.3 Å². The molecular formula is C28H27N3O5. The molecule has 1 atom stereocenters. The van der Waals surface area contributed by atoms with Gasteiger partial charge in [-0.2, -0.15) is 0 Å². The van der Waals surface area contributed by atoms with Crippen LogP contribution >= 0.6 is 0 Å². The summed E-state index contributed by atoms with van der Waals surface area (Å²) in [6.07, 6.45) is 0.123. The summed E-state index contributed by atoms with van der Waals surface area (Å²) in [4.78, 5) is 32.6. The summed E-state index contributed by atoms with van der Waals surface area (Å²) in [6.45, 7) is 0.752. The van der Waals surface area contributed by atoms with E-state index in [2.05, 4.69) is 4.98 Å². The highest BCUT2D eigenvalue weighted by molar-refractivity contribution is 5.78. The normalized spacial score (nSPS) is 14.4. The van der Waals surface area contributed by atoms with E-state index in [1.165, 1.54) is 0 Å². The summed E-state index contributed by atoms with van der Waals surface area (Å²) in [7, 11) is 3.33. The first-order chi connectivity index (χ1) is 17.5. The molecule has 0 aliphatic carbocycles. The first-order valence-corrected chi connectivity index (χ1v) is 11.8. The van der Waals surface area contributed by atoms with Gasteiger partial charge in [-0.1, -0.05) is 24.3 Å². The van der Waals surface area contributed by atoms with Crippen molar-refractivity contribution in [2.24, 2.45) is 0 Å². The average Bonchev–Trinajstić information content (AvgIpc) is 2.91. The number of benzene rings is 3. The molecule has 8 heteroatoms. The van der Waals surface area contributed by atoms with Crippen LogP contribution in [-0.2, 0) is 11.2 Å². The van der Waals surface area contributed by atoms with Gasteiger partial charge in [0.2, 0.25) is 5.91 Å². The van der Waals surface area contributed by atoms with E-state index < -0.39 is 0 Å². The van der Waals surface area contributed by atoms with Crippen LogP contribution in [-0.4, -0.2) is 53.8 Å². The first-order valence-electron chi connectivity index (χ1n) is 11.8. The fourth-order valence-electron chi connectivity index (χ4n) is 4.31. The third kappa shape index (κ3) is 4.75. The molecule has 0 fully saturated rings. The fraction of sp³-hybridized carbons (Fsp3) is 0.250. The standard InChI is InChI=1S/C28H27N3O5/c1-30(17-21-18-35-25-9-5-6-10-26(25)36-21)27(32)16-15-23-28(33)31(19-11-13-20(34-2)14-12-19)24-8-4-3-7-22(24)29-23/h3-14,21H,15-18H2,1-2H3/t21-/m1/s1. The number of rotatable bonds is 7. The van der Waals surface area contributed by atoms with E-state index in [1.807, 2.05) is 72.8 Å². The molecule has 0 radical (unpaired) electrons. The van der Waals surface area contributed by atoms with E-state index in [-0.39, 0.29) is 30.4 Å². The fourth-order valence-corrected chi connectivity index (χ4v) is 4.31. The van der Waals surface area contributed by atoms with Crippen molar-refractivity contribution in [3.63, 3.8) is 0 Å². The third-order valence-electron chi connectivity index (χ3n) is 6.21. The smallest absolute Gasteiger partial charge is 0.277 e. The highest BCUT2D eigenvalue weighted by Crippen LogP contribution is 2.31. The summed E-state index contributed by atoms with van der Waals surface area (Å²) in [5, 5.41) is 0. The molecule has 0 N–H and O–H groups in total. The Hall–Kier alpha value is -4.33. The van der Waals surface area contributed by atoms with Crippen molar-refractivity contribution in [1.82, 2.24) is 14.5 Å². The van der Waals surface area contributed by atoms with Gasteiger partial charge in [0, 0.05) is 25.6 Å². The minimum absolute atomic E-state index is 0.0946. The molecule has 1 aliphatic rings. The second kappa shape index (κ2) is 10.1. The molecular weight excluding hydrogens is 458 g/mol. The van der Waals surface area contributed by atoms with Crippen LogP contribution in [0.2, 0.25) is 0 Å². The van der Waals surface area contributed by atoms with Crippen LogP contribution in [0.15, 0.2) is 77.6 Å². The molecule has 36 heavy (non-hydrogen) atoms. The number of hydrogen-bond acceptors (Lipinski definition) is 6. The van der Waals surface area contributed by atoms with Crippen LogP contribution in [0.25, 0.3) is 16.7 Å². The molecule has 1 amide bonds. The van der Waals surface area contributed by atoms with E-state index in [4.69, 9.17) is 14.2 Å². The monoisotopic (exact) mass is 485 g/mol. The Bertz CT molecular complexity index is 1450. The van der Waals surface area contributed by atoms with Crippen LogP contribution in [0, 0.1) is 0 Å². The van der Waals surface area contributed by atoms with Gasteiger partial charge in [-0.05, 0) is 48.5 Å². The van der Waals surface area contributed by atoms with Crippen LogP contribution < -0.4 is 19.8 Å². The lowest BCUT2D eigenvalue weighted by Gasteiger charge is -2.29. The largest absolute Gasteiger partial charge is 0.497 e. The maximum atomic E-state index is 13.5. The lowest BCUT2D eigenvalue weighted by molar-refractivity contribution is -0.131. The number of nitrogens with zero attached hydrogens (tertiary/aromatic N) is 3. The van der Waals surface area contributed by atoms with Gasteiger partial charge in [0.25, 0.3) is 5.56 Å². The Balaban J connectivity index is 1.32. The Labute approximate surface area is 208 Å².